The zero-order chi connectivity index (χ0) is 24.6. The highest BCUT2D eigenvalue weighted by molar-refractivity contribution is 7.17. The summed E-state index contributed by atoms with van der Waals surface area (Å²) in [5.41, 5.74) is 2.69. The first kappa shape index (κ1) is 24.8. The number of ether oxygens (including phenoxy) is 3. The third-order valence-corrected chi connectivity index (χ3v) is 6.75. The number of rotatable bonds is 10. The summed E-state index contributed by atoms with van der Waals surface area (Å²) in [7, 11) is 0. The molecule has 0 saturated heterocycles. The van der Waals surface area contributed by atoms with Crippen LogP contribution < -0.4 is 14.8 Å². The Hall–Kier alpha value is -3.36. The molecule has 7 nitrogen and oxygen atoms in total. The molecule has 35 heavy (non-hydrogen) atoms. The number of esters is 1. The van der Waals surface area contributed by atoms with Crippen molar-refractivity contribution >= 4 is 28.2 Å². The van der Waals surface area contributed by atoms with Crippen LogP contribution in [-0.2, 0) is 29.0 Å². The summed E-state index contributed by atoms with van der Waals surface area (Å²) < 4.78 is 16.4. The van der Waals surface area contributed by atoms with Gasteiger partial charge in [-0.2, -0.15) is 0 Å². The van der Waals surface area contributed by atoms with E-state index in [1.54, 1.807) is 31.2 Å². The second-order valence-corrected chi connectivity index (χ2v) is 9.22. The smallest absolute Gasteiger partial charge is 0.341 e. The van der Waals surface area contributed by atoms with E-state index in [1.165, 1.54) is 16.9 Å². The highest BCUT2D eigenvalue weighted by atomic mass is 32.1. The van der Waals surface area contributed by atoms with Crippen molar-refractivity contribution in [2.75, 3.05) is 31.7 Å². The van der Waals surface area contributed by atoms with Gasteiger partial charge in [0, 0.05) is 24.5 Å². The molecule has 0 atom stereocenters. The number of nitrogens with one attached hydrogen (secondary N) is 1. The van der Waals surface area contributed by atoms with Gasteiger partial charge in [-0.1, -0.05) is 30.3 Å². The molecule has 0 unspecified atom stereocenters. The zero-order valence-electron chi connectivity index (χ0n) is 20.0. The van der Waals surface area contributed by atoms with E-state index in [0.717, 1.165) is 42.2 Å². The maximum Gasteiger partial charge on any atom is 0.341 e. The fourth-order valence-electron chi connectivity index (χ4n) is 4.05. The summed E-state index contributed by atoms with van der Waals surface area (Å²) in [6.45, 7) is 6.78. The lowest BCUT2D eigenvalue weighted by Crippen LogP contribution is -2.30. The molecule has 1 aliphatic rings. The molecule has 1 aliphatic heterocycles. The molecule has 2 aromatic carbocycles. The molecular weight excluding hydrogens is 464 g/mol. The van der Waals surface area contributed by atoms with Crippen LogP contribution >= 0.6 is 11.3 Å². The number of carbonyl (C=O) groups is 2. The van der Waals surface area contributed by atoms with E-state index in [0.29, 0.717) is 22.9 Å². The van der Waals surface area contributed by atoms with E-state index in [2.05, 4.69) is 22.3 Å². The van der Waals surface area contributed by atoms with Gasteiger partial charge in [0.1, 0.15) is 16.5 Å². The number of nitrogens with zero attached hydrogens (tertiary/aromatic N) is 1. The van der Waals surface area contributed by atoms with Crippen molar-refractivity contribution in [2.24, 2.45) is 0 Å². The van der Waals surface area contributed by atoms with Crippen LogP contribution in [0.15, 0.2) is 54.6 Å². The predicted octanol–water partition coefficient (Wildman–Crippen LogP) is 4.90. The first-order valence-corrected chi connectivity index (χ1v) is 12.6. The molecule has 3 aromatic rings. The fourth-order valence-corrected chi connectivity index (χ4v) is 5.34. The molecule has 184 valence electrons. The van der Waals surface area contributed by atoms with Crippen LogP contribution in [0.1, 0.15) is 40.2 Å². The molecule has 8 heteroatoms. The summed E-state index contributed by atoms with van der Waals surface area (Å²) >= 11 is 1.44. The van der Waals surface area contributed by atoms with Gasteiger partial charge in [-0.05, 0) is 55.7 Å². The van der Waals surface area contributed by atoms with E-state index in [-0.39, 0.29) is 19.1 Å². The van der Waals surface area contributed by atoms with Crippen molar-refractivity contribution < 1.29 is 23.8 Å². The van der Waals surface area contributed by atoms with Crippen molar-refractivity contribution in [3.8, 4) is 11.5 Å². The standard InChI is InChI=1S/C27H30N2O5S/c1-3-32-20-10-12-21(13-11-20)34-18-24(30)28-26-25(27(31)33-4-2)22-14-15-29(17-23(22)35-26)16-19-8-6-5-7-9-19/h5-13H,3-4,14-18H2,1-2H3,(H,28,30). The number of carbonyl (C=O) groups excluding carboxylic acids is 2. The normalized spacial score (nSPS) is 13.1. The second-order valence-electron chi connectivity index (χ2n) is 8.12. The first-order chi connectivity index (χ1) is 17.1. The largest absolute Gasteiger partial charge is 0.494 e. The van der Waals surface area contributed by atoms with Crippen molar-refractivity contribution in [3.63, 3.8) is 0 Å². The molecule has 0 spiro atoms. The molecule has 0 fully saturated rings. The number of benzene rings is 2. The van der Waals surface area contributed by atoms with Gasteiger partial charge in [0.05, 0.1) is 18.8 Å². The van der Waals surface area contributed by atoms with Crippen molar-refractivity contribution in [2.45, 2.75) is 33.4 Å². The summed E-state index contributed by atoms with van der Waals surface area (Å²) in [4.78, 5) is 28.9. The maximum atomic E-state index is 12.8. The SMILES string of the molecule is CCOC(=O)c1c(NC(=O)COc2ccc(OCC)cc2)sc2c1CCN(Cc1ccccc1)C2. The highest BCUT2D eigenvalue weighted by Gasteiger charge is 2.29. The Bertz CT molecular complexity index is 1140. The first-order valence-electron chi connectivity index (χ1n) is 11.8. The Labute approximate surface area is 209 Å². The van der Waals surface area contributed by atoms with Gasteiger partial charge in [0.25, 0.3) is 5.91 Å². The summed E-state index contributed by atoms with van der Waals surface area (Å²) in [6, 6.07) is 17.4. The zero-order valence-corrected chi connectivity index (χ0v) is 20.9. The van der Waals surface area contributed by atoms with Gasteiger partial charge < -0.3 is 19.5 Å². The van der Waals surface area contributed by atoms with Crippen LogP contribution in [0.3, 0.4) is 0 Å². The fraction of sp³-hybridized carbons (Fsp3) is 0.333. The summed E-state index contributed by atoms with van der Waals surface area (Å²) in [6.07, 6.45) is 0.728. The Balaban J connectivity index is 1.44. The van der Waals surface area contributed by atoms with Crippen LogP contribution in [-0.4, -0.2) is 43.1 Å². The average molecular weight is 495 g/mol. The molecule has 2 heterocycles. The third kappa shape index (κ3) is 6.41. The van der Waals surface area contributed by atoms with Gasteiger partial charge >= 0.3 is 5.97 Å². The van der Waals surface area contributed by atoms with Crippen LogP contribution in [0.25, 0.3) is 0 Å². The number of fused-ring (bicyclic) bond motifs is 1. The van der Waals surface area contributed by atoms with E-state index in [9.17, 15) is 9.59 Å². The summed E-state index contributed by atoms with van der Waals surface area (Å²) in [5, 5.41) is 3.41. The lowest BCUT2D eigenvalue weighted by atomic mass is 10.0. The van der Waals surface area contributed by atoms with E-state index in [4.69, 9.17) is 14.2 Å². The quantitative estimate of drug-likeness (QED) is 0.404. The molecule has 1 N–H and O–H groups in total. The number of anilines is 1. The maximum absolute atomic E-state index is 12.8. The van der Waals surface area contributed by atoms with Crippen LogP contribution in [0.5, 0.6) is 11.5 Å². The van der Waals surface area contributed by atoms with Gasteiger partial charge in [0.15, 0.2) is 6.61 Å². The van der Waals surface area contributed by atoms with Crippen LogP contribution in [0.2, 0.25) is 0 Å². The van der Waals surface area contributed by atoms with E-state index >= 15 is 0 Å². The Morgan fingerprint density at radius 1 is 0.971 bits per heavy atom. The van der Waals surface area contributed by atoms with Gasteiger partial charge in [-0.3, -0.25) is 9.69 Å². The number of hydrogen-bond donors (Lipinski definition) is 1. The topological polar surface area (TPSA) is 77.1 Å². The van der Waals surface area contributed by atoms with E-state index < -0.39 is 5.97 Å². The number of amides is 1. The van der Waals surface area contributed by atoms with Gasteiger partial charge in [-0.15, -0.1) is 11.3 Å². The highest BCUT2D eigenvalue weighted by Crippen LogP contribution is 2.38. The molecule has 4 rings (SSSR count). The molecule has 0 saturated carbocycles. The summed E-state index contributed by atoms with van der Waals surface area (Å²) in [5.74, 6) is 0.582. The molecule has 0 bridgehead atoms. The third-order valence-electron chi connectivity index (χ3n) is 5.62. The average Bonchev–Trinajstić information content (AvgIpc) is 3.21. The Morgan fingerprint density at radius 3 is 2.37 bits per heavy atom. The van der Waals surface area contributed by atoms with Crippen molar-refractivity contribution in [1.29, 1.82) is 0 Å². The molecular formula is C27H30N2O5S. The predicted molar refractivity (Wildman–Crippen MR) is 136 cm³/mol. The molecule has 1 aromatic heterocycles. The minimum atomic E-state index is -0.399. The van der Waals surface area contributed by atoms with E-state index in [1.807, 2.05) is 25.1 Å². The van der Waals surface area contributed by atoms with Crippen molar-refractivity contribution in [1.82, 2.24) is 4.90 Å². The minimum Gasteiger partial charge on any atom is -0.494 e. The second kappa shape index (κ2) is 11.9. The minimum absolute atomic E-state index is 0.168. The lowest BCUT2D eigenvalue weighted by Gasteiger charge is -2.27. The molecule has 1 amide bonds. The Kier molecular flexibility index (Phi) is 8.39. The number of thiophene rings is 1. The molecule has 0 aliphatic carbocycles. The molecule has 0 radical (unpaired) electrons. The van der Waals surface area contributed by atoms with Crippen molar-refractivity contribution in [3.05, 3.63) is 76.2 Å². The monoisotopic (exact) mass is 494 g/mol. The van der Waals surface area contributed by atoms with Gasteiger partial charge in [0.2, 0.25) is 0 Å². The Morgan fingerprint density at radius 2 is 1.69 bits per heavy atom. The van der Waals surface area contributed by atoms with Crippen LogP contribution in [0.4, 0.5) is 5.00 Å². The van der Waals surface area contributed by atoms with Crippen LogP contribution in [0, 0.1) is 0 Å². The van der Waals surface area contributed by atoms with Gasteiger partial charge in [-0.25, -0.2) is 4.79 Å². The lowest BCUT2D eigenvalue weighted by molar-refractivity contribution is -0.118. The number of hydrogen-bond acceptors (Lipinski definition) is 7.